The number of aromatic nitrogens is 2. The molecule has 25 heavy (non-hydrogen) atoms. The van der Waals surface area contributed by atoms with Gasteiger partial charge in [-0.15, -0.1) is 12.4 Å². The average molecular weight is 375 g/mol. The van der Waals surface area contributed by atoms with Crippen LogP contribution in [0.4, 0.5) is 18.9 Å². The van der Waals surface area contributed by atoms with Gasteiger partial charge in [0, 0.05) is 18.4 Å². The Hall–Kier alpha value is -2.06. The number of hydrogen-bond acceptors (Lipinski definition) is 3. The van der Waals surface area contributed by atoms with Gasteiger partial charge in [0.05, 0.1) is 11.6 Å². The molecule has 136 valence electrons. The molecular weight excluding hydrogens is 357 g/mol. The molecule has 2 N–H and O–H groups in total. The lowest BCUT2D eigenvalue weighted by atomic mass is 10.1. The predicted molar refractivity (Wildman–Crippen MR) is 90.0 cm³/mol. The number of rotatable bonds is 3. The van der Waals surface area contributed by atoms with E-state index in [1.54, 1.807) is 16.9 Å². The zero-order chi connectivity index (χ0) is 17.2. The second kappa shape index (κ2) is 7.88. The quantitative estimate of drug-likeness (QED) is 0.864. The van der Waals surface area contributed by atoms with Crippen molar-refractivity contribution >= 4 is 24.0 Å². The summed E-state index contributed by atoms with van der Waals surface area (Å²) in [5.41, 5.74) is -0.541. The first kappa shape index (κ1) is 19.3. The molecule has 0 aliphatic carbocycles. The minimum atomic E-state index is -4.45. The minimum absolute atomic E-state index is 0. The highest BCUT2D eigenvalue weighted by atomic mass is 35.5. The molecule has 0 bridgehead atoms. The van der Waals surface area contributed by atoms with E-state index in [9.17, 15) is 18.0 Å². The molecule has 1 saturated heterocycles. The average Bonchev–Trinajstić information content (AvgIpc) is 3.05. The number of anilines is 1. The van der Waals surface area contributed by atoms with E-state index in [1.807, 2.05) is 0 Å². The fraction of sp³-hybridized carbons (Fsp3) is 0.375. The van der Waals surface area contributed by atoms with Crippen LogP contribution in [0.1, 0.15) is 34.9 Å². The summed E-state index contributed by atoms with van der Waals surface area (Å²) in [6, 6.07) is 6.28. The minimum Gasteiger partial charge on any atom is -0.321 e. The van der Waals surface area contributed by atoms with E-state index < -0.39 is 17.6 Å². The van der Waals surface area contributed by atoms with Gasteiger partial charge in [-0.2, -0.15) is 18.3 Å². The molecule has 2 heterocycles. The molecule has 1 aromatic carbocycles. The molecule has 1 aliphatic heterocycles. The van der Waals surface area contributed by atoms with Crippen molar-refractivity contribution in [3.05, 3.63) is 47.8 Å². The van der Waals surface area contributed by atoms with Crippen LogP contribution in [-0.4, -0.2) is 28.8 Å². The Kier molecular flexibility index (Phi) is 6.07. The molecule has 1 aromatic heterocycles. The van der Waals surface area contributed by atoms with Gasteiger partial charge in [0.2, 0.25) is 0 Å². The SMILES string of the molecule is Cl.O=C(Nc1cccc(C(F)(F)F)c1)c1ccn(C2CCCNC2)n1. The topological polar surface area (TPSA) is 59.0 Å². The molecule has 1 atom stereocenters. The van der Waals surface area contributed by atoms with Gasteiger partial charge in [0.1, 0.15) is 0 Å². The van der Waals surface area contributed by atoms with Crippen molar-refractivity contribution in [2.45, 2.75) is 25.1 Å². The maximum absolute atomic E-state index is 12.7. The third kappa shape index (κ3) is 4.73. The van der Waals surface area contributed by atoms with Gasteiger partial charge in [-0.05, 0) is 43.7 Å². The second-order valence-corrected chi connectivity index (χ2v) is 5.71. The highest BCUT2D eigenvalue weighted by Crippen LogP contribution is 2.30. The maximum atomic E-state index is 12.7. The van der Waals surface area contributed by atoms with Gasteiger partial charge in [-0.25, -0.2) is 0 Å². The van der Waals surface area contributed by atoms with Gasteiger partial charge >= 0.3 is 6.18 Å². The first-order valence-corrected chi connectivity index (χ1v) is 7.68. The Balaban J connectivity index is 0.00000225. The summed E-state index contributed by atoms with van der Waals surface area (Å²) in [7, 11) is 0. The lowest BCUT2D eigenvalue weighted by Crippen LogP contribution is -2.32. The van der Waals surface area contributed by atoms with Crippen LogP contribution in [0, 0.1) is 0 Å². The Labute approximate surface area is 149 Å². The van der Waals surface area contributed by atoms with E-state index in [0.29, 0.717) is 0 Å². The van der Waals surface area contributed by atoms with Gasteiger partial charge in [0.25, 0.3) is 5.91 Å². The summed E-state index contributed by atoms with van der Waals surface area (Å²) < 4.78 is 39.8. The number of carbonyl (C=O) groups is 1. The third-order valence-electron chi connectivity index (χ3n) is 3.93. The highest BCUT2D eigenvalue weighted by Gasteiger charge is 2.30. The van der Waals surface area contributed by atoms with Crippen molar-refractivity contribution in [3.63, 3.8) is 0 Å². The molecular formula is C16H18ClF3N4O. The van der Waals surface area contributed by atoms with Crippen molar-refractivity contribution in [1.29, 1.82) is 0 Å². The maximum Gasteiger partial charge on any atom is 0.416 e. The highest BCUT2D eigenvalue weighted by molar-refractivity contribution is 6.02. The zero-order valence-electron chi connectivity index (χ0n) is 13.2. The monoisotopic (exact) mass is 374 g/mol. The molecule has 9 heteroatoms. The largest absolute Gasteiger partial charge is 0.416 e. The number of nitrogens with one attached hydrogen (secondary N) is 2. The lowest BCUT2D eigenvalue weighted by molar-refractivity contribution is -0.137. The first-order valence-electron chi connectivity index (χ1n) is 7.68. The van der Waals surface area contributed by atoms with Crippen LogP contribution in [-0.2, 0) is 6.18 Å². The normalized spacial score (nSPS) is 17.6. The smallest absolute Gasteiger partial charge is 0.321 e. The summed E-state index contributed by atoms with van der Waals surface area (Å²) >= 11 is 0. The molecule has 0 spiro atoms. The van der Waals surface area contributed by atoms with E-state index in [1.165, 1.54) is 12.1 Å². The second-order valence-electron chi connectivity index (χ2n) is 5.71. The first-order chi connectivity index (χ1) is 11.4. The van der Waals surface area contributed by atoms with Crippen molar-refractivity contribution in [3.8, 4) is 0 Å². The van der Waals surface area contributed by atoms with Crippen molar-refractivity contribution in [2.75, 3.05) is 18.4 Å². The summed E-state index contributed by atoms with van der Waals surface area (Å²) in [5.74, 6) is -0.531. The Morgan fingerprint density at radius 2 is 2.12 bits per heavy atom. The molecule has 0 radical (unpaired) electrons. The van der Waals surface area contributed by atoms with E-state index in [4.69, 9.17) is 0 Å². The number of alkyl halides is 3. The van der Waals surface area contributed by atoms with Gasteiger partial charge in [-0.1, -0.05) is 6.07 Å². The molecule has 3 rings (SSSR count). The summed E-state index contributed by atoms with van der Waals surface area (Å²) in [6.45, 7) is 1.76. The number of benzene rings is 1. The van der Waals surface area contributed by atoms with Crippen LogP contribution in [0.3, 0.4) is 0 Å². The zero-order valence-corrected chi connectivity index (χ0v) is 14.0. The van der Waals surface area contributed by atoms with Crippen molar-refractivity contribution < 1.29 is 18.0 Å². The number of hydrogen-bond donors (Lipinski definition) is 2. The third-order valence-corrected chi connectivity index (χ3v) is 3.93. The molecule has 2 aromatic rings. The van der Waals surface area contributed by atoms with Crippen molar-refractivity contribution in [2.24, 2.45) is 0 Å². The van der Waals surface area contributed by atoms with E-state index >= 15 is 0 Å². The van der Waals surface area contributed by atoms with Gasteiger partial charge < -0.3 is 10.6 Å². The van der Waals surface area contributed by atoms with E-state index in [-0.39, 0.29) is 29.8 Å². The molecule has 0 saturated carbocycles. The molecule has 1 aliphatic rings. The summed E-state index contributed by atoms with van der Waals surface area (Å²) in [5, 5.41) is 9.96. The van der Waals surface area contributed by atoms with Crippen LogP contribution in [0.15, 0.2) is 36.5 Å². The lowest BCUT2D eigenvalue weighted by Gasteiger charge is -2.22. The van der Waals surface area contributed by atoms with E-state index in [0.717, 1.165) is 38.1 Å². The summed E-state index contributed by atoms with van der Waals surface area (Å²) in [6.07, 6.45) is -0.714. The standard InChI is InChI=1S/C16H17F3N4O.ClH/c17-16(18,19)11-3-1-4-12(9-11)21-15(24)14-6-8-23(22-14)13-5-2-7-20-10-13;/h1,3-4,6,8-9,13,20H,2,5,7,10H2,(H,21,24);1H. The van der Waals surface area contributed by atoms with Crippen LogP contribution in [0.5, 0.6) is 0 Å². The Morgan fingerprint density at radius 1 is 1.32 bits per heavy atom. The van der Waals surface area contributed by atoms with Crippen LogP contribution >= 0.6 is 12.4 Å². The Morgan fingerprint density at radius 3 is 2.80 bits per heavy atom. The van der Waals surface area contributed by atoms with Gasteiger partial charge in [-0.3, -0.25) is 9.48 Å². The predicted octanol–water partition coefficient (Wildman–Crippen LogP) is 3.50. The number of halogens is 4. The number of nitrogens with zero attached hydrogens (tertiary/aromatic N) is 2. The molecule has 5 nitrogen and oxygen atoms in total. The van der Waals surface area contributed by atoms with Crippen LogP contribution in [0.2, 0.25) is 0 Å². The molecule has 1 amide bonds. The fourth-order valence-corrected chi connectivity index (χ4v) is 2.69. The van der Waals surface area contributed by atoms with Crippen LogP contribution < -0.4 is 10.6 Å². The van der Waals surface area contributed by atoms with Crippen molar-refractivity contribution in [1.82, 2.24) is 15.1 Å². The molecule has 1 fully saturated rings. The Bertz CT molecular complexity index is 726. The summed E-state index contributed by atoms with van der Waals surface area (Å²) in [4.78, 5) is 12.2. The number of amides is 1. The number of piperidine rings is 1. The van der Waals surface area contributed by atoms with E-state index in [2.05, 4.69) is 15.7 Å². The van der Waals surface area contributed by atoms with Gasteiger partial charge in [0.15, 0.2) is 5.69 Å². The fourth-order valence-electron chi connectivity index (χ4n) is 2.69. The number of carbonyl (C=O) groups excluding carboxylic acids is 1. The molecule has 1 unspecified atom stereocenters. The van der Waals surface area contributed by atoms with Crippen LogP contribution in [0.25, 0.3) is 0 Å².